The van der Waals surface area contributed by atoms with Gasteiger partial charge in [-0.05, 0) is 6.92 Å². The summed E-state index contributed by atoms with van der Waals surface area (Å²) in [6.45, 7) is 7.41. The van der Waals surface area contributed by atoms with Gasteiger partial charge in [-0.1, -0.05) is 0 Å². The number of ether oxygens (including phenoxy) is 2. The zero-order valence-corrected chi connectivity index (χ0v) is 11.9. The lowest BCUT2D eigenvalue weighted by Gasteiger charge is -2.26. The van der Waals surface area contributed by atoms with E-state index in [1.54, 1.807) is 12.4 Å². The van der Waals surface area contributed by atoms with Gasteiger partial charge in [-0.15, -0.1) is 11.3 Å². The average molecular weight is 285 g/mol. The van der Waals surface area contributed by atoms with Crippen molar-refractivity contribution < 1.29 is 14.3 Å². The SMILES string of the molecule is CCOC(=O)c1ncsc1NCCN1CCOCC1. The second kappa shape index (κ2) is 7.42. The molecule has 1 fully saturated rings. The third kappa shape index (κ3) is 4.15. The molecular weight excluding hydrogens is 266 g/mol. The molecule has 1 aliphatic heterocycles. The van der Waals surface area contributed by atoms with Gasteiger partial charge >= 0.3 is 5.97 Å². The molecule has 1 aromatic rings. The Morgan fingerprint density at radius 3 is 3.11 bits per heavy atom. The number of anilines is 1. The van der Waals surface area contributed by atoms with Gasteiger partial charge < -0.3 is 14.8 Å². The number of carbonyl (C=O) groups is 1. The van der Waals surface area contributed by atoms with E-state index >= 15 is 0 Å². The molecule has 0 saturated carbocycles. The lowest BCUT2D eigenvalue weighted by Crippen LogP contribution is -2.39. The van der Waals surface area contributed by atoms with Gasteiger partial charge in [-0.25, -0.2) is 9.78 Å². The summed E-state index contributed by atoms with van der Waals surface area (Å²) in [5, 5.41) is 4.04. The minimum absolute atomic E-state index is 0.363. The molecule has 0 aliphatic carbocycles. The van der Waals surface area contributed by atoms with E-state index in [9.17, 15) is 4.79 Å². The third-order valence-electron chi connectivity index (χ3n) is 2.85. The summed E-state index contributed by atoms with van der Waals surface area (Å²) >= 11 is 1.42. The zero-order chi connectivity index (χ0) is 13.5. The fourth-order valence-electron chi connectivity index (χ4n) is 1.87. The average Bonchev–Trinajstić information content (AvgIpc) is 2.89. The van der Waals surface area contributed by atoms with Crippen LogP contribution in [0.15, 0.2) is 5.51 Å². The van der Waals surface area contributed by atoms with Crippen molar-refractivity contribution >= 4 is 22.3 Å². The van der Waals surface area contributed by atoms with Crippen LogP contribution in [0.4, 0.5) is 5.00 Å². The van der Waals surface area contributed by atoms with Gasteiger partial charge in [0.1, 0.15) is 5.00 Å². The van der Waals surface area contributed by atoms with Crippen molar-refractivity contribution in [2.45, 2.75) is 6.92 Å². The standard InChI is InChI=1S/C12H19N3O3S/c1-2-18-12(16)10-11(19-9-14-10)13-3-4-15-5-7-17-8-6-15/h9,13H,2-8H2,1H3. The van der Waals surface area contributed by atoms with Gasteiger partial charge in [0.2, 0.25) is 0 Å². The molecule has 0 spiro atoms. The van der Waals surface area contributed by atoms with E-state index in [0.717, 1.165) is 44.4 Å². The Balaban J connectivity index is 1.79. The first-order valence-electron chi connectivity index (χ1n) is 6.46. The van der Waals surface area contributed by atoms with Crippen LogP contribution >= 0.6 is 11.3 Å². The predicted molar refractivity (Wildman–Crippen MR) is 73.8 cm³/mol. The number of morpholine rings is 1. The van der Waals surface area contributed by atoms with Crippen molar-refractivity contribution in [3.63, 3.8) is 0 Å². The number of esters is 1. The van der Waals surface area contributed by atoms with Crippen LogP contribution in [0.1, 0.15) is 17.4 Å². The largest absolute Gasteiger partial charge is 0.461 e. The Morgan fingerprint density at radius 1 is 1.58 bits per heavy atom. The highest BCUT2D eigenvalue weighted by Gasteiger charge is 2.16. The highest BCUT2D eigenvalue weighted by molar-refractivity contribution is 7.14. The van der Waals surface area contributed by atoms with Crippen LogP contribution in [0.5, 0.6) is 0 Å². The van der Waals surface area contributed by atoms with E-state index in [-0.39, 0.29) is 5.97 Å². The number of hydrogen-bond donors (Lipinski definition) is 1. The second-order valence-electron chi connectivity index (χ2n) is 4.13. The lowest BCUT2D eigenvalue weighted by molar-refractivity contribution is 0.0398. The number of nitrogens with zero attached hydrogens (tertiary/aromatic N) is 2. The first kappa shape index (κ1) is 14.2. The van der Waals surface area contributed by atoms with Crippen LogP contribution in [0.3, 0.4) is 0 Å². The lowest BCUT2D eigenvalue weighted by atomic mass is 10.4. The number of rotatable bonds is 6. The van der Waals surface area contributed by atoms with E-state index in [1.165, 1.54) is 11.3 Å². The molecule has 2 rings (SSSR count). The van der Waals surface area contributed by atoms with Gasteiger partial charge in [0, 0.05) is 26.2 Å². The van der Waals surface area contributed by atoms with Crippen molar-refractivity contribution in [1.29, 1.82) is 0 Å². The van der Waals surface area contributed by atoms with Crippen molar-refractivity contribution in [3.05, 3.63) is 11.2 Å². The molecule has 1 saturated heterocycles. The van der Waals surface area contributed by atoms with E-state index in [1.807, 2.05) is 0 Å². The van der Waals surface area contributed by atoms with E-state index in [0.29, 0.717) is 12.3 Å². The molecule has 0 unspecified atom stereocenters. The van der Waals surface area contributed by atoms with Gasteiger partial charge in [-0.2, -0.15) is 0 Å². The Bertz CT molecular complexity index is 405. The Hall–Kier alpha value is -1.18. The fourth-order valence-corrected chi connectivity index (χ4v) is 2.57. The van der Waals surface area contributed by atoms with Crippen molar-refractivity contribution in [2.75, 3.05) is 51.3 Å². The monoisotopic (exact) mass is 285 g/mol. The van der Waals surface area contributed by atoms with Gasteiger partial charge in [0.05, 0.1) is 25.3 Å². The molecule has 6 nitrogen and oxygen atoms in total. The van der Waals surface area contributed by atoms with Gasteiger partial charge in [-0.3, -0.25) is 4.90 Å². The first-order valence-corrected chi connectivity index (χ1v) is 7.33. The van der Waals surface area contributed by atoms with Gasteiger partial charge in [0.25, 0.3) is 0 Å². The summed E-state index contributed by atoms with van der Waals surface area (Å²) in [5.41, 5.74) is 2.04. The normalized spacial score (nSPS) is 16.3. The molecule has 0 radical (unpaired) electrons. The summed E-state index contributed by atoms with van der Waals surface area (Å²) in [4.78, 5) is 18.0. The zero-order valence-electron chi connectivity index (χ0n) is 11.1. The second-order valence-corrected chi connectivity index (χ2v) is 4.99. The number of nitrogens with one attached hydrogen (secondary N) is 1. The third-order valence-corrected chi connectivity index (χ3v) is 3.64. The molecular formula is C12H19N3O3S. The maximum atomic E-state index is 11.6. The molecule has 2 heterocycles. The van der Waals surface area contributed by atoms with E-state index in [4.69, 9.17) is 9.47 Å². The molecule has 0 aromatic carbocycles. The highest BCUT2D eigenvalue weighted by Crippen LogP contribution is 2.20. The van der Waals surface area contributed by atoms with Crippen molar-refractivity contribution in [2.24, 2.45) is 0 Å². The number of aromatic nitrogens is 1. The van der Waals surface area contributed by atoms with Crippen molar-refractivity contribution in [3.8, 4) is 0 Å². The first-order chi connectivity index (χ1) is 9.31. The maximum Gasteiger partial charge on any atom is 0.360 e. The smallest absolute Gasteiger partial charge is 0.360 e. The fraction of sp³-hybridized carbons (Fsp3) is 0.667. The highest BCUT2D eigenvalue weighted by atomic mass is 32.1. The summed E-state index contributed by atoms with van der Waals surface area (Å²) in [5.74, 6) is -0.363. The summed E-state index contributed by atoms with van der Waals surface area (Å²) < 4.78 is 10.3. The van der Waals surface area contributed by atoms with E-state index < -0.39 is 0 Å². The maximum absolute atomic E-state index is 11.6. The molecule has 19 heavy (non-hydrogen) atoms. The number of thiazole rings is 1. The molecule has 106 valence electrons. The van der Waals surface area contributed by atoms with Crippen LogP contribution in [0.25, 0.3) is 0 Å². The van der Waals surface area contributed by atoms with E-state index in [2.05, 4.69) is 15.2 Å². The summed E-state index contributed by atoms with van der Waals surface area (Å²) in [6, 6.07) is 0. The summed E-state index contributed by atoms with van der Waals surface area (Å²) in [7, 11) is 0. The van der Waals surface area contributed by atoms with Gasteiger partial charge in [0.15, 0.2) is 5.69 Å². The molecule has 7 heteroatoms. The Labute approximate surface area is 116 Å². The molecule has 1 aliphatic rings. The molecule has 1 N–H and O–H groups in total. The summed E-state index contributed by atoms with van der Waals surface area (Å²) in [6.07, 6.45) is 0. The van der Waals surface area contributed by atoms with Crippen LogP contribution < -0.4 is 5.32 Å². The minimum atomic E-state index is -0.363. The molecule has 0 amide bonds. The molecule has 1 aromatic heterocycles. The van der Waals surface area contributed by atoms with Crippen LogP contribution in [0.2, 0.25) is 0 Å². The predicted octanol–water partition coefficient (Wildman–Crippen LogP) is 1.06. The van der Waals surface area contributed by atoms with Crippen LogP contribution in [0, 0.1) is 0 Å². The molecule has 0 atom stereocenters. The number of carbonyl (C=O) groups excluding carboxylic acids is 1. The number of hydrogen-bond acceptors (Lipinski definition) is 7. The molecule has 0 bridgehead atoms. The minimum Gasteiger partial charge on any atom is -0.461 e. The Morgan fingerprint density at radius 2 is 2.37 bits per heavy atom. The Kier molecular flexibility index (Phi) is 5.56. The van der Waals surface area contributed by atoms with Crippen LogP contribution in [-0.2, 0) is 9.47 Å². The quantitative estimate of drug-likeness (QED) is 0.789. The topological polar surface area (TPSA) is 63.7 Å². The van der Waals surface area contributed by atoms with Crippen molar-refractivity contribution in [1.82, 2.24) is 9.88 Å². The van der Waals surface area contributed by atoms with Crippen LogP contribution in [-0.4, -0.2) is 61.9 Å².